The quantitative estimate of drug-likeness (QED) is 0.869. The number of anilines is 1. The molecule has 1 aliphatic rings. The Labute approximate surface area is 119 Å². The van der Waals surface area contributed by atoms with Gasteiger partial charge in [-0.05, 0) is 22.8 Å². The minimum absolute atomic E-state index is 0.0114. The number of carbonyl (C=O) groups is 1. The molecule has 3 N–H and O–H groups in total. The SMILES string of the molecule is CC1(C)C(CNC(=O)Cn2cc(N)ccc2=O)C1(C)C. The molecule has 0 bridgehead atoms. The predicted octanol–water partition coefficient (Wildman–Crippen LogP) is 1.23. The molecule has 1 heterocycles. The molecule has 0 aromatic carbocycles. The molecule has 0 spiro atoms. The fourth-order valence-electron chi connectivity index (χ4n) is 2.94. The molecule has 0 aliphatic heterocycles. The van der Waals surface area contributed by atoms with Crippen LogP contribution in [0.15, 0.2) is 23.1 Å². The summed E-state index contributed by atoms with van der Waals surface area (Å²) in [5.74, 6) is 0.313. The Bertz CT molecular complexity index is 573. The highest BCUT2D eigenvalue weighted by molar-refractivity contribution is 5.75. The number of pyridine rings is 1. The van der Waals surface area contributed by atoms with Crippen LogP contribution in [-0.4, -0.2) is 17.0 Å². The number of hydrogen-bond donors (Lipinski definition) is 2. The lowest BCUT2D eigenvalue weighted by Crippen LogP contribution is -2.33. The van der Waals surface area contributed by atoms with Gasteiger partial charge in [-0.2, -0.15) is 0 Å². The van der Waals surface area contributed by atoms with Crippen LogP contribution in [-0.2, 0) is 11.3 Å². The predicted molar refractivity (Wildman–Crippen MR) is 79.2 cm³/mol. The maximum Gasteiger partial charge on any atom is 0.251 e. The molecular formula is C15H23N3O2. The van der Waals surface area contributed by atoms with E-state index >= 15 is 0 Å². The molecule has 0 unspecified atom stereocenters. The second-order valence-corrected chi connectivity index (χ2v) is 6.73. The highest BCUT2D eigenvalue weighted by atomic mass is 16.2. The largest absolute Gasteiger partial charge is 0.398 e. The van der Waals surface area contributed by atoms with Crippen molar-refractivity contribution in [3.63, 3.8) is 0 Å². The summed E-state index contributed by atoms with van der Waals surface area (Å²) >= 11 is 0. The molecule has 110 valence electrons. The van der Waals surface area contributed by atoms with Gasteiger partial charge in [-0.25, -0.2) is 0 Å². The van der Waals surface area contributed by atoms with Gasteiger partial charge in [-0.1, -0.05) is 27.7 Å². The lowest BCUT2D eigenvalue weighted by Gasteiger charge is -2.08. The maximum atomic E-state index is 11.9. The van der Waals surface area contributed by atoms with E-state index in [9.17, 15) is 9.59 Å². The van der Waals surface area contributed by atoms with Crippen molar-refractivity contribution in [3.05, 3.63) is 28.7 Å². The van der Waals surface area contributed by atoms with E-state index in [1.54, 1.807) is 0 Å². The third-order valence-corrected chi connectivity index (χ3v) is 5.14. The first kappa shape index (κ1) is 14.6. The highest BCUT2D eigenvalue weighted by Crippen LogP contribution is 2.67. The molecule has 0 radical (unpaired) electrons. The van der Waals surface area contributed by atoms with Gasteiger partial charge >= 0.3 is 0 Å². The number of nitrogens with zero attached hydrogens (tertiary/aromatic N) is 1. The molecular weight excluding hydrogens is 254 g/mol. The molecule has 1 saturated carbocycles. The third kappa shape index (κ3) is 2.44. The van der Waals surface area contributed by atoms with Gasteiger partial charge in [0.15, 0.2) is 0 Å². The second-order valence-electron chi connectivity index (χ2n) is 6.73. The van der Waals surface area contributed by atoms with Crippen LogP contribution in [0.3, 0.4) is 0 Å². The summed E-state index contributed by atoms with van der Waals surface area (Å²) in [5, 5.41) is 2.91. The lowest BCUT2D eigenvalue weighted by molar-refractivity contribution is -0.121. The van der Waals surface area contributed by atoms with Gasteiger partial charge in [0.2, 0.25) is 5.91 Å². The summed E-state index contributed by atoms with van der Waals surface area (Å²) in [6.07, 6.45) is 1.49. The normalized spacial score (nSPS) is 19.6. The Morgan fingerprint density at radius 2 is 1.90 bits per heavy atom. The van der Waals surface area contributed by atoms with Crippen molar-refractivity contribution in [1.82, 2.24) is 9.88 Å². The van der Waals surface area contributed by atoms with Gasteiger partial charge < -0.3 is 15.6 Å². The van der Waals surface area contributed by atoms with Crippen LogP contribution < -0.4 is 16.6 Å². The maximum absolute atomic E-state index is 11.9. The van der Waals surface area contributed by atoms with Gasteiger partial charge in [0, 0.05) is 24.5 Å². The molecule has 0 saturated heterocycles. The van der Waals surface area contributed by atoms with Crippen molar-refractivity contribution in [2.24, 2.45) is 16.7 Å². The molecule has 1 fully saturated rings. The van der Waals surface area contributed by atoms with Crippen LogP contribution in [0.5, 0.6) is 0 Å². The molecule has 2 rings (SSSR count). The summed E-state index contributed by atoms with van der Waals surface area (Å²) in [6, 6.07) is 2.90. The minimum atomic E-state index is -0.221. The molecule has 5 nitrogen and oxygen atoms in total. The van der Waals surface area contributed by atoms with Gasteiger partial charge in [-0.15, -0.1) is 0 Å². The number of carbonyl (C=O) groups excluding carboxylic acids is 1. The average molecular weight is 277 g/mol. The summed E-state index contributed by atoms with van der Waals surface area (Å²) in [5.41, 5.74) is 6.36. The Hall–Kier alpha value is -1.78. The first-order valence-electron chi connectivity index (χ1n) is 6.89. The van der Waals surface area contributed by atoms with E-state index < -0.39 is 0 Å². The van der Waals surface area contributed by atoms with Gasteiger partial charge in [0.25, 0.3) is 5.56 Å². The standard InChI is InChI=1S/C15H23N3O2/c1-14(2)11(15(14,3)4)7-17-12(19)9-18-8-10(16)5-6-13(18)20/h5-6,8,11H,7,9,16H2,1-4H3,(H,17,19). The van der Waals surface area contributed by atoms with Gasteiger partial charge in [-0.3, -0.25) is 9.59 Å². The Morgan fingerprint density at radius 3 is 2.45 bits per heavy atom. The fourth-order valence-corrected chi connectivity index (χ4v) is 2.94. The smallest absolute Gasteiger partial charge is 0.251 e. The summed E-state index contributed by atoms with van der Waals surface area (Å²) < 4.78 is 1.33. The highest BCUT2D eigenvalue weighted by Gasteiger charge is 2.64. The number of nitrogen functional groups attached to an aromatic ring is 1. The van der Waals surface area contributed by atoms with E-state index in [4.69, 9.17) is 5.73 Å². The van der Waals surface area contributed by atoms with Crippen molar-refractivity contribution >= 4 is 11.6 Å². The van der Waals surface area contributed by atoms with Crippen LogP contribution in [0.1, 0.15) is 27.7 Å². The fraction of sp³-hybridized carbons (Fsp3) is 0.600. The van der Waals surface area contributed by atoms with Crippen LogP contribution >= 0.6 is 0 Å². The molecule has 5 heteroatoms. The molecule has 20 heavy (non-hydrogen) atoms. The molecule has 0 atom stereocenters. The van der Waals surface area contributed by atoms with E-state index in [-0.39, 0.29) is 28.8 Å². The zero-order valence-electron chi connectivity index (χ0n) is 12.6. The number of nitrogens with two attached hydrogens (primary N) is 1. The summed E-state index contributed by atoms with van der Waals surface area (Å²) in [4.78, 5) is 23.5. The first-order valence-corrected chi connectivity index (χ1v) is 6.89. The zero-order valence-corrected chi connectivity index (χ0v) is 12.6. The average Bonchev–Trinajstić information content (AvgIpc) is 2.72. The van der Waals surface area contributed by atoms with Crippen molar-refractivity contribution in [2.45, 2.75) is 34.2 Å². The van der Waals surface area contributed by atoms with Crippen LogP contribution in [0.2, 0.25) is 0 Å². The van der Waals surface area contributed by atoms with E-state index in [1.807, 2.05) is 0 Å². The number of aromatic nitrogens is 1. The molecule has 1 amide bonds. The minimum Gasteiger partial charge on any atom is -0.398 e. The van der Waals surface area contributed by atoms with Crippen LogP contribution in [0, 0.1) is 16.7 Å². The number of rotatable bonds is 4. The van der Waals surface area contributed by atoms with E-state index in [0.717, 1.165) is 0 Å². The molecule has 1 aromatic heterocycles. The number of hydrogen-bond acceptors (Lipinski definition) is 3. The monoisotopic (exact) mass is 277 g/mol. The summed E-state index contributed by atoms with van der Waals surface area (Å²) in [6.45, 7) is 9.52. The van der Waals surface area contributed by atoms with Crippen LogP contribution in [0.4, 0.5) is 5.69 Å². The molecule has 1 aliphatic carbocycles. The van der Waals surface area contributed by atoms with E-state index in [0.29, 0.717) is 18.2 Å². The first-order chi connectivity index (χ1) is 9.16. The topological polar surface area (TPSA) is 77.1 Å². The van der Waals surface area contributed by atoms with Gasteiger partial charge in [0.1, 0.15) is 6.54 Å². The third-order valence-electron chi connectivity index (χ3n) is 5.14. The molecule has 1 aromatic rings. The number of nitrogens with one attached hydrogen (secondary N) is 1. The number of amides is 1. The van der Waals surface area contributed by atoms with Crippen molar-refractivity contribution in [3.8, 4) is 0 Å². The Kier molecular flexibility index (Phi) is 3.40. The zero-order chi connectivity index (χ0) is 15.1. The Balaban J connectivity index is 1.91. The Morgan fingerprint density at radius 1 is 1.30 bits per heavy atom. The second kappa shape index (κ2) is 4.65. The van der Waals surface area contributed by atoms with Crippen molar-refractivity contribution < 1.29 is 4.79 Å². The lowest BCUT2D eigenvalue weighted by atomic mass is 10.0. The van der Waals surface area contributed by atoms with Crippen molar-refractivity contribution in [1.29, 1.82) is 0 Å². The summed E-state index contributed by atoms with van der Waals surface area (Å²) in [7, 11) is 0. The van der Waals surface area contributed by atoms with Crippen LogP contribution in [0.25, 0.3) is 0 Å². The van der Waals surface area contributed by atoms with E-state index in [2.05, 4.69) is 33.0 Å². The van der Waals surface area contributed by atoms with Crippen molar-refractivity contribution in [2.75, 3.05) is 12.3 Å². The van der Waals surface area contributed by atoms with Gasteiger partial charge in [0.05, 0.1) is 0 Å². The van der Waals surface area contributed by atoms with E-state index in [1.165, 1.54) is 22.9 Å².